The molecule has 0 aliphatic carbocycles. The van der Waals surface area contributed by atoms with Crippen LogP contribution in [-0.2, 0) is 0 Å². The average molecular weight is 317 g/mol. The second kappa shape index (κ2) is 5.98. The maximum atomic E-state index is 13.6. The van der Waals surface area contributed by atoms with Gasteiger partial charge in [-0.1, -0.05) is 23.5 Å². The van der Waals surface area contributed by atoms with E-state index in [1.807, 2.05) is 0 Å². The number of carbonyl (C=O) groups excluding carboxylic acids is 1. The molecule has 0 spiro atoms. The van der Waals surface area contributed by atoms with Crippen LogP contribution in [0.25, 0.3) is 10.2 Å². The van der Waals surface area contributed by atoms with Crippen LogP contribution in [0.3, 0.4) is 0 Å². The summed E-state index contributed by atoms with van der Waals surface area (Å²) in [6, 6.07) is 11.5. The van der Waals surface area contributed by atoms with Gasteiger partial charge in [0.1, 0.15) is 17.1 Å². The van der Waals surface area contributed by atoms with E-state index in [-0.39, 0.29) is 17.2 Å². The van der Waals surface area contributed by atoms with Gasteiger partial charge in [0.25, 0.3) is 5.91 Å². The van der Waals surface area contributed by atoms with E-state index in [1.54, 1.807) is 36.4 Å². The minimum absolute atomic E-state index is 0.283. The van der Waals surface area contributed by atoms with Gasteiger partial charge in [-0.3, -0.25) is 15.6 Å². The van der Waals surface area contributed by atoms with Crippen molar-refractivity contribution in [1.82, 2.24) is 10.4 Å². The maximum absolute atomic E-state index is 13.6. The van der Waals surface area contributed by atoms with Gasteiger partial charge < -0.3 is 4.74 Å². The number of hydrogen-bond donors (Lipinski definition) is 2. The molecule has 0 saturated carbocycles. The van der Waals surface area contributed by atoms with E-state index in [2.05, 4.69) is 15.8 Å². The number of thiazole rings is 1. The molecule has 0 unspecified atom stereocenters. The third kappa shape index (κ3) is 2.84. The highest BCUT2D eigenvalue weighted by Gasteiger charge is 2.10. The van der Waals surface area contributed by atoms with Crippen LogP contribution in [0.2, 0.25) is 0 Å². The molecule has 3 aromatic rings. The summed E-state index contributed by atoms with van der Waals surface area (Å²) in [4.78, 5) is 16.1. The summed E-state index contributed by atoms with van der Waals surface area (Å²) in [6.07, 6.45) is 0. The number of halogens is 1. The van der Waals surface area contributed by atoms with Crippen molar-refractivity contribution in [2.75, 3.05) is 12.5 Å². The van der Waals surface area contributed by atoms with Gasteiger partial charge in [0.05, 0.1) is 11.8 Å². The maximum Gasteiger partial charge on any atom is 0.269 e. The summed E-state index contributed by atoms with van der Waals surface area (Å²) in [5, 5.41) is 0.413. The van der Waals surface area contributed by atoms with Crippen LogP contribution < -0.4 is 15.6 Å². The molecule has 1 heterocycles. The standard InChI is InChI=1S/C15H12FN3O2S/c1-21-10-5-2-4-9(8-10)14(20)18-19-15-17-13-11(16)6-3-7-12(13)22-15/h2-8H,1H3,(H,17,19)(H,18,20). The van der Waals surface area contributed by atoms with E-state index in [1.165, 1.54) is 24.5 Å². The molecule has 5 nitrogen and oxygen atoms in total. The highest BCUT2D eigenvalue weighted by molar-refractivity contribution is 7.22. The van der Waals surface area contributed by atoms with Crippen LogP contribution in [-0.4, -0.2) is 18.0 Å². The predicted octanol–water partition coefficient (Wildman–Crippen LogP) is 3.20. The van der Waals surface area contributed by atoms with Gasteiger partial charge in [0.15, 0.2) is 0 Å². The first-order valence-corrected chi connectivity index (χ1v) is 7.24. The lowest BCUT2D eigenvalue weighted by Gasteiger charge is -2.06. The summed E-state index contributed by atoms with van der Waals surface area (Å²) in [7, 11) is 1.53. The van der Waals surface area contributed by atoms with Crippen molar-refractivity contribution in [3.8, 4) is 5.75 Å². The molecule has 2 aromatic carbocycles. The first kappa shape index (κ1) is 14.3. The number of benzene rings is 2. The summed E-state index contributed by atoms with van der Waals surface area (Å²) in [6.45, 7) is 0. The Balaban J connectivity index is 1.73. The summed E-state index contributed by atoms with van der Waals surface area (Å²) < 4.78 is 19.3. The van der Waals surface area contributed by atoms with Crippen LogP contribution in [0, 0.1) is 5.82 Å². The van der Waals surface area contributed by atoms with E-state index in [9.17, 15) is 9.18 Å². The number of hydrogen-bond acceptors (Lipinski definition) is 5. The molecule has 22 heavy (non-hydrogen) atoms. The Morgan fingerprint density at radius 2 is 2.09 bits per heavy atom. The molecule has 0 atom stereocenters. The van der Waals surface area contributed by atoms with Crippen LogP contribution in [0.5, 0.6) is 5.75 Å². The molecule has 3 rings (SSSR count). The molecule has 0 saturated heterocycles. The second-order valence-electron chi connectivity index (χ2n) is 4.42. The van der Waals surface area contributed by atoms with Gasteiger partial charge in [-0.15, -0.1) is 0 Å². The largest absolute Gasteiger partial charge is 0.497 e. The van der Waals surface area contributed by atoms with Crippen molar-refractivity contribution in [2.45, 2.75) is 0 Å². The van der Waals surface area contributed by atoms with Gasteiger partial charge in [0.2, 0.25) is 5.13 Å². The quantitative estimate of drug-likeness (QED) is 0.725. The topological polar surface area (TPSA) is 63.2 Å². The predicted molar refractivity (Wildman–Crippen MR) is 83.7 cm³/mol. The Bertz CT molecular complexity index is 835. The molecule has 7 heteroatoms. The van der Waals surface area contributed by atoms with Crippen molar-refractivity contribution in [3.63, 3.8) is 0 Å². The van der Waals surface area contributed by atoms with Gasteiger partial charge in [-0.05, 0) is 30.3 Å². The normalized spacial score (nSPS) is 10.5. The summed E-state index contributed by atoms with van der Waals surface area (Å²) in [5.74, 6) is -0.130. The fraction of sp³-hybridized carbons (Fsp3) is 0.0667. The number of anilines is 1. The van der Waals surface area contributed by atoms with Crippen molar-refractivity contribution in [2.24, 2.45) is 0 Å². The molecule has 0 aliphatic heterocycles. The number of ether oxygens (including phenoxy) is 1. The first-order chi connectivity index (χ1) is 10.7. The van der Waals surface area contributed by atoms with Crippen molar-refractivity contribution in [3.05, 3.63) is 53.8 Å². The first-order valence-electron chi connectivity index (χ1n) is 6.43. The van der Waals surface area contributed by atoms with Gasteiger partial charge >= 0.3 is 0 Å². The number of amides is 1. The fourth-order valence-corrected chi connectivity index (χ4v) is 2.75. The van der Waals surface area contributed by atoms with Gasteiger partial charge in [0, 0.05) is 5.56 Å². The Morgan fingerprint density at radius 3 is 2.86 bits per heavy atom. The van der Waals surface area contributed by atoms with Crippen molar-refractivity contribution < 1.29 is 13.9 Å². The van der Waals surface area contributed by atoms with Gasteiger partial charge in [-0.25, -0.2) is 9.37 Å². The lowest BCUT2D eigenvalue weighted by Crippen LogP contribution is -2.29. The molecular formula is C15H12FN3O2S. The molecule has 0 radical (unpaired) electrons. The molecule has 0 fully saturated rings. The lowest BCUT2D eigenvalue weighted by molar-refractivity contribution is 0.0962. The van der Waals surface area contributed by atoms with Gasteiger partial charge in [-0.2, -0.15) is 0 Å². The van der Waals surface area contributed by atoms with E-state index >= 15 is 0 Å². The van der Waals surface area contributed by atoms with E-state index in [0.717, 1.165) is 0 Å². The highest BCUT2D eigenvalue weighted by Crippen LogP contribution is 2.27. The number of carbonyl (C=O) groups is 1. The summed E-state index contributed by atoms with van der Waals surface area (Å²) in [5.41, 5.74) is 5.95. The van der Waals surface area contributed by atoms with Crippen molar-refractivity contribution >= 4 is 32.6 Å². The van der Waals surface area contributed by atoms with Crippen LogP contribution >= 0.6 is 11.3 Å². The molecule has 1 amide bonds. The SMILES string of the molecule is COc1cccc(C(=O)NNc2nc3c(F)cccc3s2)c1. The third-order valence-electron chi connectivity index (χ3n) is 2.98. The van der Waals surface area contributed by atoms with Crippen LogP contribution in [0.1, 0.15) is 10.4 Å². The molecule has 2 N–H and O–H groups in total. The minimum Gasteiger partial charge on any atom is -0.497 e. The van der Waals surface area contributed by atoms with E-state index in [0.29, 0.717) is 21.1 Å². The van der Waals surface area contributed by atoms with Crippen LogP contribution in [0.4, 0.5) is 9.52 Å². The Hall–Kier alpha value is -2.67. The Kier molecular flexibility index (Phi) is 3.88. The number of fused-ring (bicyclic) bond motifs is 1. The smallest absolute Gasteiger partial charge is 0.269 e. The third-order valence-corrected chi connectivity index (χ3v) is 3.92. The van der Waals surface area contributed by atoms with E-state index in [4.69, 9.17) is 4.74 Å². The number of nitrogens with one attached hydrogen (secondary N) is 2. The molecular weight excluding hydrogens is 305 g/mol. The number of methoxy groups -OCH3 is 1. The monoisotopic (exact) mass is 317 g/mol. The number of aromatic nitrogens is 1. The zero-order chi connectivity index (χ0) is 15.5. The average Bonchev–Trinajstić information content (AvgIpc) is 2.97. The lowest BCUT2D eigenvalue weighted by atomic mass is 10.2. The Morgan fingerprint density at radius 1 is 1.27 bits per heavy atom. The number of hydrazine groups is 1. The molecule has 1 aromatic heterocycles. The Labute approximate surface area is 129 Å². The molecule has 0 aliphatic rings. The summed E-state index contributed by atoms with van der Waals surface area (Å²) >= 11 is 1.25. The number of para-hydroxylation sites is 1. The molecule has 0 bridgehead atoms. The number of rotatable bonds is 4. The fourth-order valence-electron chi connectivity index (χ4n) is 1.92. The zero-order valence-electron chi connectivity index (χ0n) is 11.6. The number of nitrogens with zero attached hydrogens (tertiary/aromatic N) is 1. The molecule has 112 valence electrons. The van der Waals surface area contributed by atoms with Crippen LogP contribution in [0.15, 0.2) is 42.5 Å². The highest BCUT2D eigenvalue weighted by atomic mass is 32.1. The second-order valence-corrected chi connectivity index (χ2v) is 5.45. The van der Waals surface area contributed by atoms with Crippen molar-refractivity contribution in [1.29, 1.82) is 0 Å². The zero-order valence-corrected chi connectivity index (χ0v) is 12.4. The van der Waals surface area contributed by atoms with E-state index < -0.39 is 0 Å². The minimum atomic E-state index is -0.388.